The molecule has 0 unspecified atom stereocenters. The van der Waals surface area contributed by atoms with E-state index in [0.29, 0.717) is 57.8 Å². The number of hydrogen-bond acceptors (Lipinski definition) is 26. The summed E-state index contributed by atoms with van der Waals surface area (Å²) in [5, 5.41) is 67.0. The van der Waals surface area contributed by atoms with Crippen molar-refractivity contribution in [2.75, 3.05) is 42.2 Å². The quantitative estimate of drug-likeness (QED) is 0.0498. The molecule has 0 aromatic heterocycles. The molecule has 6 heterocycles. The highest BCUT2D eigenvalue weighted by atomic mass is 16.8. The predicted molar refractivity (Wildman–Crippen MR) is 334 cm³/mol. The standard InChI is InChI=1S/C69H112O26/c1-32(2)33(3)23-51(72)90-50-30-49-66(10)20-18-41(24-40(66)17-21-68(49,76)69(77)22-19-42(34(4)71)67(50,69)11)88-52-25-43(78-12)60(35(5)83-52)91-53-26-44(79-13)61(36(6)84-53)92-54-27-45(80-14)62(37(7)85-54)93-55-28-46(81-15)63(38(8)86-55)94-56-29-47(82-16)64(39(9)87-56)95-65-59(75)58(74)57(73)48(31-70)89-65/h17,23,32,35-39,41-50,52-65,70,73-77H,18-22,24-31H2,1-16H3/b33-23+/t35-,36-,37-,38-,39-,41+,42+,43+,44+,45-,46-,47+,48-,49-,50-,52+,53+,54+,55+,56+,57-,58+,59-,60-,61-,62-,63-,64-,65+,66+,67+,68+,69-/m1/s1. The fraction of sp³-hybridized carbons (Fsp3) is 0.913. The topological polar surface area (TPSA) is 322 Å². The van der Waals surface area contributed by atoms with E-state index in [1.54, 1.807) is 35.4 Å². The van der Waals surface area contributed by atoms with Gasteiger partial charge in [0.2, 0.25) is 0 Å². The molecule has 33 atom stereocenters. The third kappa shape index (κ3) is 14.7. The fourth-order valence-corrected chi connectivity index (χ4v) is 17.9. The van der Waals surface area contributed by atoms with Gasteiger partial charge in [-0.2, -0.15) is 0 Å². The molecule has 0 radical (unpaired) electrons. The molecule has 6 aliphatic heterocycles. The Bertz CT molecular complexity index is 2630. The lowest BCUT2D eigenvalue weighted by Gasteiger charge is -2.66. The first-order chi connectivity index (χ1) is 45.0. The molecule has 0 aromatic rings. The molecular weight excluding hydrogens is 1240 g/mol. The normalized spacial score (nSPS) is 49.7. The van der Waals surface area contributed by atoms with Crippen LogP contribution in [0, 0.1) is 28.6 Å². The maximum absolute atomic E-state index is 13.6. The first-order valence-electron chi connectivity index (χ1n) is 34.7. The molecule has 6 saturated heterocycles. The summed E-state index contributed by atoms with van der Waals surface area (Å²) in [4.78, 5) is 26.9. The number of allylic oxidation sites excluding steroid dienone is 1. The Labute approximate surface area is 559 Å². The van der Waals surface area contributed by atoms with E-state index >= 15 is 0 Å². The third-order valence-electron chi connectivity index (χ3n) is 23.8. The number of aliphatic hydroxyl groups excluding tert-OH is 4. The van der Waals surface area contributed by atoms with Crippen LogP contribution in [0.3, 0.4) is 0 Å². The van der Waals surface area contributed by atoms with Crippen molar-refractivity contribution in [1.82, 2.24) is 0 Å². The van der Waals surface area contributed by atoms with E-state index in [0.717, 1.165) is 11.1 Å². The molecule has 0 bridgehead atoms. The van der Waals surface area contributed by atoms with Gasteiger partial charge in [0.15, 0.2) is 37.7 Å². The molecule has 544 valence electrons. The van der Waals surface area contributed by atoms with Crippen LogP contribution >= 0.6 is 0 Å². The van der Waals surface area contributed by atoms with Gasteiger partial charge < -0.3 is 116 Å². The molecular formula is C69H112O26. The average Bonchev–Trinajstić information content (AvgIpc) is 1.63. The minimum atomic E-state index is -1.68. The van der Waals surface area contributed by atoms with Gasteiger partial charge in [-0.15, -0.1) is 0 Å². The van der Waals surface area contributed by atoms with Gasteiger partial charge in [-0.3, -0.25) is 4.79 Å². The number of esters is 1. The summed E-state index contributed by atoms with van der Waals surface area (Å²) >= 11 is 0. The van der Waals surface area contributed by atoms with Crippen molar-refractivity contribution in [3.05, 3.63) is 23.3 Å². The Balaban J connectivity index is 0.697. The number of ketones is 1. The highest BCUT2D eigenvalue weighted by Crippen LogP contribution is 2.70. The van der Waals surface area contributed by atoms with Crippen molar-refractivity contribution in [3.8, 4) is 0 Å². The number of Topliss-reactive ketones (excluding diaryl/α,β-unsaturated/α-hetero) is 1. The van der Waals surface area contributed by atoms with Gasteiger partial charge in [0, 0.05) is 91.0 Å². The molecule has 4 aliphatic carbocycles. The van der Waals surface area contributed by atoms with Crippen LogP contribution in [0.4, 0.5) is 0 Å². The Morgan fingerprint density at radius 2 is 1.00 bits per heavy atom. The molecule has 26 nitrogen and oxygen atoms in total. The minimum Gasteiger partial charge on any atom is -0.458 e. The monoisotopic (exact) mass is 1360 g/mol. The second-order valence-corrected chi connectivity index (χ2v) is 29.5. The van der Waals surface area contributed by atoms with Gasteiger partial charge >= 0.3 is 5.97 Å². The number of rotatable bonds is 22. The highest BCUT2D eigenvalue weighted by Gasteiger charge is 2.77. The first kappa shape index (κ1) is 75.4. The van der Waals surface area contributed by atoms with Crippen molar-refractivity contribution < 1.29 is 125 Å². The molecule has 3 saturated carbocycles. The summed E-state index contributed by atoms with van der Waals surface area (Å²) < 4.78 is 114. The van der Waals surface area contributed by atoms with Crippen molar-refractivity contribution >= 4 is 11.8 Å². The van der Waals surface area contributed by atoms with E-state index in [1.165, 1.54) is 20.1 Å². The maximum atomic E-state index is 13.6. The molecule has 0 aromatic carbocycles. The number of fused-ring (bicyclic) bond motifs is 5. The van der Waals surface area contributed by atoms with Crippen LogP contribution in [0.15, 0.2) is 23.3 Å². The second-order valence-electron chi connectivity index (χ2n) is 29.5. The lowest BCUT2D eigenvalue weighted by molar-refractivity contribution is -0.360. The molecule has 10 rings (SSSR count). The smallest absolute Gasteiger partial charge is 0.330 e. The molecule has 0 spiro atoms. The zero-order valence-corrected chi connectivity index (χ0v) is 58.5. The molecule has 9 fully saturated rings. The first-order valence-corrected chi connectivity index (χ1v) is 34.7. The van der Waals surface area contributed by atoms with Crippen LogP contribution < -0.4 is 0 Å². The van der Waals surface area contributed by atoms with Crippen molar-refractivity contribution in [1.29, 1.82) is 0 Å². The summed E-state index contributed by atoms with van der Waals surface area (Å²) in [6.45, 7) is 20.2. The van der Waals surface area contributed by atoms with Crippen LogP contribution in [0.5, 0.6) is 0 Å². The SMILES string of the molecule is CO[C@H]1C[C@H](O[C@H]2CC[C@@]3(C)C(=CC[C@]4(O)[C@@H]3C[C@@H](OC(=O)/C=C(\C)C(C)C)[C@]3(C)[C@H](C(C)=O)CC[C@@]34O)C2)O[C@H](C)[C@H]1O[C@H]1C[C@H](OC)[C@H](O[C@H]2C[C@@H](OC)[C@H](O[C@H]3C[C@@H](OC)[C@H](O[C@H]4C[C@H](OC)[C@H](O[C@@H]5O[C@H](CO)[C@@H](O)[C@H](O)[C@H]5O)[C@@H](C)O4)[C@@H](C)O3)[C@@H](C)O2)[C@@H](C)O1. The average molecular weight is 1360 g/mol. The summed E-state index contributed by atoms with van der Waals surface area (Å²) in [7, 11) is 8.02. The van der Waals surface area contributed by atoms with Crippen molar-refractivity contribution in [2.24, 2.45) is 28.6 Å². The van der Waals surface area contributed by atoms with E-state index in [-0.39, 0.29) is 37.1 Å². The molecule has 26 heteroatoms. The number of hydrogen-bond donors (Lipinski definition) is 6. The highest BCUT2D eigenvalue weighted by molar-refractivity contribution is 5.83. The number of methoxy groups -OCH3 is 5. The predicted octanol–water partition coefficient (Wildman–Crippen LogP) is 4.37. The van der Waals surface area contributed by atoms with Crippen LogP contribution in [-0.4, -0.2) is 262 Å². The van der Waals surface area contributed by atoms with Gasteiger partial charge in [-0.25, -0.2) is 4.79 Å². The zero-order valence-electron chi connectivity index (χ0n) is 58.5. The van der Waals surface area contributed by atoms with E-state index in [2.05, 4.69) is 13.0 Å². The summed E-state index contributed by atoms with van der Waals surface area (Å²) in [6, 6.07) is 0. The van der Waals surface area contributed by atoms with Crippen LogP contribution in [-0.2, 0) is 94.9 Å². The minimum absolute atomic E-state index is 0.0857. The van der Waals surface area contributed by atoms with E-state index < -0.39 is 206 Å². The van der Waals surface area contributed by atoms with E-state index in [1.807, 2.05) is 55.4 Å². The number of carbonyl (C=O) groups is 2. The molecule has 95 heavy (non-hydrogen) atoms. The summed E-state index contributed by atoms with van der Waals surface area (Å²) in [5.74, 6) is -1.50. The van der Waals surface area contributed by atoms with Crippen LogP contribution in [0.2, 0.25) is 0 Å². The lowest BCUT2D eigenvalue weighted by atomic mass is 9.43. The van der Waals surface area contributed by atoms with Gasteiger partial charge in [0.25, 0.3) is 0 Å². The van der Waals surface area contributed by atoms with Crippen LogP contribution in [0.1, 0.15) is 153 Å². The fourth-order valence-electron chi connectivity index (χ4n) is 17.9. The Morgan fingerprint density at radius 3 is 1.40 bits per heavy atom. The summed E-state index contributed by atoms with van der Waals surface area (Å²) in [6.07, 6.45) is -11.6. The summed E-state index contributed by atoms with van der Waals surface area (Å²) in [5.41, 5.74) is -2.99. The van der Waals surface area contributed by atoms with E-state index in [4.69, 9.17) is 85.3 Å². The third-order valence-corrected chi connectivity index (χ3v) is 23.8. The number of aliphatic hydroxyl groups is 6. The molecule has 6 N–H and O–H groups in total. The molecule has 0 amide bonds. The van der Waals surface area contributed by atoms with Crippen LogP contribution in [0.25, 0.3) is 0 Å². The largest absolute Gasteiger partial charge is 0.458 e. The van der Waals surface area contributed by atoms with Crippen molar-refractivity contribution in [3.63, 3.8) is 0 Å². The second kappa shape index (κ2) is 30.7. The van der Waals surface area contributed by atoms with Gasteiger partial charge in [-0.05, 0) is 105 Å². The van der Waals surface area contributed by atoms with Gasteiger partial charge in [0.1, 0.15) is 78.0 Å². The number of carbonyl (C=O) groups excluding carboxylic acids is 2. The molecule has 10 aliphatic rings. The van der Waals surface area contributed by atoms with Crippen molar-refractivity contribution in [2.45, 2.75) is 330 Å². The maximum Gasteiger partial charge on any atom is 0.330 e. The Hall–Kier alpha value is -2.30. The van der Waals surface area contributed by atoms with Gasteiger partial charge in [-0.1, -0.05) is 44.9 Å². The van der Waals surface area contributed by atoms with Gasteiger partial charge in [0.05, 0.1) is 73.8 Å². The Kier molecular flexibility index (Phi) is 24.4. The zero-order chi connectivity index (χ0) is 69.0. The number of ether oxygens (including phenoxy) is 18. The Morgan fingerprint density at radius 1 is 0.579 bits per heavy atom. The van der Waals surface area contributed by atoms with E-state index in [9.17, 15) is 40.2 Å². The lowest BCUT2D eigenvalue weighted by Crippen LogP contribution is -2.75.